The zero-order valence-electron chi connectivity index (χ0n) is 12.0. The summed E-state index contributed by atoms with van der Waals surface area (Å²) in [6.45, 7) is 1.48. The minimum absolute atomic E-state index is 0.105. The Bertz CT molecular complexity index is 470. The number of nitrogens with two attached hydrogens (primary N) is 1. The summed E-state index contributed by atoms with van der Waals surface area (Å²) < 4.78 is 10.4. The van der Waals surface area contributed by atoms with Gasteiger partial charge in [0.15, 0.2) is 6.61 Å². The molecule has 0 bridgehead atoms. The van der Waals surface area contributed by atoms with Gasteiger partial charge in [-0.3, -0.25) is 4.79 Å². The molecule has 5 nitrogen and oxygen atoms in total. The van der Waals surface area contributed by atoms with Crippen molar-refractivity contribution in [3.63, 3.8) is 0 Å². The first-order chi connectivity index (χ1) is 10.1. The highest BCUT2D eigenvalue weighted by Gasteiger charge is 2.12. The average Bonchev–Trinajstić information content (AvgIpc) is 2.43. The second kappa shape index (κ2) is 9.84. The Labute approximate surface area is 134 Å². The topological polar surface area (TPSA) is 73.6 Å². The number of halogens is 2. The Balaban J connectivity index is 2.56. The highest BCUT2D eigenvalue weighted by molar-refractivity contribution is 6.35. The average molecular weight is 335 g/mol. The predicted octanol–water partition coefficient (Wildman–Crippen LogP) is 2.03. The van der Waals surface area contributed by atoms with Gasteiger partial charge in [0.25, 0.3) is 5.91 Å². The lowest BCUT2D eigenvalue weighted by molar-refractivity contribution is -0.123. The standard InChI is InChI=1S/C14H20Cl2N2O3/c1-20-6-2-5-18-13(19)9-21-14-10(3-4-17)7-11(15)8-12(14)16/h7-8H,2-6,9,17H2,1H3,(H,18,19). The van der Waals surface area contributed by atoms with Crippen molar-refractivity contribution in [2.24, 2.45) is 5.73 Å². The van der Waals surface area contributed by atoms with E-state index in [0.29, 0.717) is 41.9 Å². The third kappa shape index (κ3) is 6.52. The van der Waals surface area contributed by atoms with E-state index in [1.54, 1.807) is 19.2 Å². The van der Waals surface area contributed by atoms with Crippen molar-refractivity contribution >= 4 is 29.1 Å². The summed E-state index contributed by atoms with van der Waals surface area (Å²) in [5.74, 6) is 0.245. The smallest absolute Gasteiger partial charge is 0.257 e. The number of hydrogen-bond donors (Lipinski definition) is 2. The Morgan fingerprint density at radius 3 is 2.81 bits per heavy atom. The minimum Gasteiger partial charge on any atom is -0.482 e. The fourth-order valence-electron chi connectivity index (χ4n) is 1.75. The molecular formula is C14H20Cl2N2O3. The molecule has 0 spiro atoms. The number of carbonyl (C=O) groups is 1. The van der Waals surface area contributed by atoms with Crippen LogP contribution in [0.2, 0.25) is 10.0 Å². The molecule has 1 amide bonds. The zero-order chi connectivity index (χ0) is 15.7. The van der Waals surface area contributed by atoms with Crippen molar-refractivity contribution in [2.45, 2.75) is 12.8 Å². The molecule has 0 unspecified atom stereocenters. The lowest BCUT2D eigenvalue weighted by atomic mass is 10.1. The molecule has 0 radical (unpaired) electrons. The van der Waals surface area contributed by atoms with Crippen LogP contribution < -0.4 is 15.8 Å². The third-order valence-electron chi connectivity index (χ3n) is 2.69. The maximum Gasteiger partial charge on any atom is 0.257 e. The molecule has 21 heavy (non-hydrogen) atoms. The molecule has 1 rings (SSSR count). The highest BCUT2D eigenvalue weighted by atomic mass is 35.5. The molecule has 1 aromatic rings. The molecule has 7 heteroatoms. The molecule has 0 saturated carbocycles. The summed E-state index contributed by atoms with van der Waals surface area (Å²) in [4.78, 5) is 11.7. The Morgan fingerprint density at radius 2 is 2.14 bits per heavy atom. The first-order valence-corrected chi connectivity index (χ1v) is 7.40. The number of carbonyl (C=O) groups excluding carboxylic acids is 1. The second-order valence-electron chi connectivity index (χ2n) is 4.40. The monoisotopic (exact) mass is 334 g/mol. The molecule has 0 aliphatic carbocycles. The van der Waals surface area contributed by atoms with Crippen molar-refractivity contribution in [1.29, 1.82) is 0 Å². The maximum atomic E-state index is 11.7. The quantitative estimate of drug-likeness (QED) is 0.677. The summed E-state index contributed by atoms with van der Waals surface area (Å²) >= 11 is 12.0. The molecule has 0 aromatic heterocycles. The summed E-state index contributed by atoms with van der Waals surface area (Å²) in [5, 5.41) is 3.62. The highest BCUT2D eigenvalue weighted by Crippen LogP contribution is 2.32. The van der Waals surface area contributed by atoms with Crippen LogP contribution in [0, 0.1) is 0 Å². The first kappa shape index (κ1) is 18.0. The number of rotatable bonds is 9. The normalized spacial score (nSPS) is 10.5. The lowest BCUT2D eigenvalue weighted by Gasteiger charge is -2.13. The van der Waals surface area contributed by atoms with Gasteiger partial charge in [0.1, 0.15) is 5.75 Å². The number of hydrogen-bond acceptors (Lipinski definition) is 4. The number of nitrogens with one attached hydrogen (secondary N) is 1. The SMILES string of the molecule is COCCCNC(=O)COc1c(Cl)cc(Cl)cc1CCN. The zero-order valence-corrected chi connectivity index (χ0v) is 13.5. The summed E-state index contributed by atoms with van der Waals surface area (Å²) in [6.07, 6.45) is 1.33. The van der Waals surface area contributed by atoms with Gasteiger partial charge in [0.2, 0.25) is 0 Å². The largest absolute Gasteiger partial charge is 0.482 e. The Morgan fingerprint density at radius 1 is 1.38 bits per heavy atom. The molecule has 0 heterocycles. The van der Waals surface area contributed by atoms with Crippen LogP contribution in [0.3, 0.4) is 0 Å². The number of methoxy groups -OCH3 is 1. The van der Waals surface area contributed by atoms with Crippen LogP contribution in [0.25, 0.3) is 0 Å². The van der Waals surface area contributed by atoms with E-state index in [1.165, 1.54) is 0 Å². The molecule has 1 aromatic carbocycles. The van der Waals surface area contributed by atoms with Crippen molar-refractivity contribution in [3.05, 3.63) is 27.7 Å². The number of amides is 1. The molecule has 3 N–H and O–H groups in total. The van der Waals surface area contributed by atoms with Gasteiger partial charge < -0.3 is 20.5 Å². The van der Waals surface area contributed by atoms with E-state index in [0.717, 1.165) is 12.0 Å². The lowest BCUT2D eigenvalue weighted by Crippen LogP contribution is -2.30. The summed E-state index contributed by atoms with van der Waals surface area (Å²) in [5.41, 5.74) is 6.34. The molecule has 0 atom stereocenters. The number of benzene rings is 1. The second-order valence-corrected chi connectivity index (χ2v) is 5.24. The predicted molar refractivity (Wildman–Crippen MR) is 84.2 cm³/mol. The van der Waals surface area contributed by atoms with Crippen molar-refractivity contribution in [1.82, 2.24) is 5.32 Å². The molecule has 0 saturated heterocycles. The number of ether oxygens (including phenoxy) is 2. The van der Waals surface area contributed by atoms with E-state index in [-0.39, 0.29) is 12.5 Å². The van der Waals surface area contributed by atoms with E-state index < -0.39 is 0 Å². The van der Waals surface area contributed by atoms with Gasteiger partial charge >= 0.3 is 0 Å². The molecule has 0 fully saturated rings. The molecule has 0 aliphatic heterocycles. The molecule has 118 valence electrons. The van der Waals surface area contributed by atoms with Crippen molar-refractivity contribution in [2.75, 3.05) is 33.4 Å². The van der Waals surface area contributed by atoms with Crippen LogP contribution in [0.4, 0.5) is 0 Å². The van der Waals surface area contributed by atoms with Gasteiger partial charge in [-0.15, -0.1) is 0 Å². The van der Waals surface area contributed by atoms with Gasteiger partial charge in [0, 0.05) is 25.3 Å². The van der Waals surface area contributed by atoms with Gasteiger partial charge in [-0.2, -0.15) is 0 Å². The van der Waals surface area contributed by atoms with Crippen LogP contribution in [0.15, 0.2) is 12.1 Å². The van der Waals surface area contributed by atoms with E-state index in [1.807, 2.05) is 0 Å². The van der Waals surface area contributed by atoms with Crippen LogP contribution in [-0.2, 0) is 16.0 Å². The van der Waals surface area contributed by atoms with E-state index in [9.17, 15) is 4.79 Å². The Hall–Kier alpha value is -1.01. The minimum atomic E-state index is -0.212. The third-order valence-corrected chi connectivity index (χ3v) is 3.19. The van der Waals surface area contributed by atoms with Gasteiger partial charge in [-0.1, -0.05) is 23.2 Å². The van der Waals surface area contributed by atoms with Crippen molar-refractivity contribution < 1.29 is 14.3 Å². The fourth-order valence-corrected chi connectivity index (χ4v) is 2.34. The summed E-state index contributed by atoms with van der Waals surface area (Å²) in [6, 6.07) is 3.32. The van der Waals surface area contributed by atoms with Crippen LogP contribution in [0.5, 0.6) is 5.75 Å². The fraction of sp³-hybridized carbons (Fsp3) is 0.500. The van der Waals surface area contributed by atoms with Gasteiger partial charge in [-0.25, -0.2) is 0 Å². The molecular weight excluding hydrogens is 315 g/mol. The van der Waals surface area contributed by atoms with Crippen LogP contribution in [-0.4, -0.2) is 39.3 Å². The first-order valence-electron chi connectivity index (χ1n) is 6.65. The summed E-state index contributed by atoms with van der Waals surface area (Å²) in [7, 11) is 1.62. The van der Waals surface area contributed by atoms with Crippen molar-refractivity contribution in [3.8, 4) is 5.75 Å². The van der Waals surface area contributed by atoms with Gasteiger partial charge in [0.05, 0.1) is 5.02 Å². The van der Waals surface area contributed by atoms with E-state index in [4.69, 9.17) is 38.4 Å². The van der Waals surface area contributed by atoms with Gasteiger partial charge in [-0.05, 0) is 37.1 Å². The maximum absolute atomic E-state index is 11.7. The van der Waals surface area contributed by atoms with Crippen LogP contribution >= 0.6 is 23.2 Å². The van der Waals surface area contributed by atoms with Crippen LogP contribution in [0.1, 0.15) is 12.0 Å². The van der Waals surface area contributed by atoms with E-state index >= 15 is 0 Å². The molecule has 0 aliphatic rings. The van der Waals surface area contributed by atoms with E-state index in [2.05, 4.69) is 5.32 Å². The Kier molecular flexibility index (Phi) is 8.45.